The van der Waals surface area contributed by atoms with Gasteiger partial charge in [-0.3, -0.25) is 0 Å². The number of hydrogen-bond acceptors (Lipinski definition) is 4. The van der Waals surface area contributed by atoms with Crippen molar-refractivity contribution in [3.8, 4) is 0 Å². The zero-order chi connectivity index (χ0) is 10.1. The van der Waals surface area contributed by atoms with Crippen LogP contribution in [0, 0.1) is 0 Å². The fourth-order valence-corrected chi connectivity index (χ4v) is 2.94. The molecule has 0 fully saturated rings. The first-order valence-electron chi connectivity index (χ1n) is 5.04. The molecule has 0 radical (unpaired) electrons. The van der Waals surface area contributed by atoms with E-state index in [0.29, 0.717) is 12.6 Å². The molecule has 0 saturated carbocycles. The highest BCUT2D eigenvalue weighted by molar-refractivity contribution is 7.11. The molecule has 1 aliphatic heterocycles. The van der Waals surface area contributed by atoms with E-state index in [0.717, 1.165) is 17.8 Å². The fourth-order valence-electron chi connectivity index (χ4n) is 1.84. The largest absolute Gasteiger partial charge is 0.370 e. The molecular formula is C10H16N2OS. The number of thiazole rings is 1. The van der Waals surface area contributed by atoms with Crippen LogP contribution in [0.15, 0.2) is 0 Å². The molecule has 1 aliphatic rings. The smallest absolute Gasteiger partial charge is 0.0944 e. The summed E-state index contributed by atoms with van der Waals surface area (Å²) in [7, 11) is 0. The maximum absolute atomic E-state index is 5.74. The minimum Gasteiger partial charge on any atom is -0.370 e. The van der Waals surface area contributed by atoms with Crippen molar-refractivity contribution in [3.63, 3.8) is 0 Å². The predicted molar refractivity (Wildman–Crippen MR) is 57.5 cm³/mol. The predicted octanol–water partition coefficient (Wildman–Crippen LogP) is 1.67. The Morgan fingerprint density at radius 2 is 2.36 bits per heavy atom. The molecule has 0 saturated heterocycles. The lowest BCUT2D eigenvalue weighted by atomic mass is 10.1. The van der Waals surface area contributed by atoms with Crippen molar-refractivity contribution in [2.24, 2.45) is 5.73 Å². The standard InChI is InChI=1S/C10H16N2OS/c1-6-5-8-10(7(2)13-6)14-9(12-8)3-4-11/h6-7H,3-5,11H2,1-2H3. The van der Waals surface area contributed by atoms with Crippen LogP contribution in [0.4, 0.5) is 0 Å². The summed E-state index contributed by atoms with van der Waals surface area (Å²) in [4.78, 5) is 5.90. The molecule has 0 aliphatic carbocycles. The molecular weight excluding hydrogens is 196 g/mol. The maximum atomic E-state index is 5.74. The van der Waals surface area contributed by atoms with Crippen LogP contribution < -0.4 is 5.73 Å². The topological polar surface area (TPSA) is 48.1 Å². The number of nitrogens with zero attached hydrogens (tertiary/aromatic N) is 1. The lowest BCUT2D eigenvalue weighted by Gasteiger charge is -2.23. The van der Waals surface area contributed by atoms with Gasteiger partial charge in [0.05, 0.1) is 27.8 Å². The van der Waals surface area contributed by atoms with Crippen LogP contribution in [0.2, 0.25) is 0 Å². The Morgan fingerprint density at radius 1 is 1.57 bits per heavy atom. The molecule has 2 heterocycles. The van der Waals surface area contributed by atoms with Gasteiger partial charge in [0.25, 0.3) is 0 Å². The van der Waals surface area contributed by atoms with E-state index in [4.69, 9.17) is 10.5 Å². The first kappa shape index (κ1) is 10.1. The summed E-state index contributed by atoms with van der Waals surface area (Å²) in [6.07, 6.45) is 2.34. The van der Waals surface area contributed by atoms with Crippen LogP contribution in [0.1, 0.15) is 35.5 Å². The number of aromatic nitrogens is 1. The molecule has 3 nitrogen and oxygen atoms in total. The summed E-state index contributed by atoms with van der Waals surface area (Å²) in [6, 6.07) is 0. The van der Waals surface area contributed by atoms with E-state index in [2.05, 4.69) is 18.8 Å². The van der Waals surface area contributed by atoms with E-state index in [9.17, 15) is 0 Å². The third kappa shape index (κ3) is 1.82. The van der Waals surface area contributed by atoms with Crippen LogP contribution in [-0.2, 0) is 17.6 Å². The van der Waals surface area contributed by atoms with Crippen molar-refractivity contribution >= 4 is 11.3 Å². The molecule has 0 spiro atoms. The Kier molecular flexibility index (Phi) is 2.85. The molecule has 0 bridgehead atoms. The molecule has 2 N–H and O–H groups in total. The zero-order valence-electron chi connectivity index (χ0n) is 8.62. The lowest BCUT2D eigenvalue weighted by Crippen LogP contribution is -2.20. The first-order chi connectivity index (χ1) is 6.70. The van der Waals surface area contributed by atoms with Crippen molar-refractivity contribution in [2.75, 3.05) is 6.54 Å². The quantitative estimate of drug-likeness (QED) is 0.811. The number of fused-ring (bicyclic) bond motifs is 1. The molecule has 2 unspecified atom stereocenters. The highest BCUT2D eigenvalue weighted by Crippen LogP contribution is 2.34. The van der Waals surface area contributed by atoms with Crippen LogP contribution in [0.25, 0.3) is 0 Å². The molecule has 2 rings (SSSR count). The molecule has 0 amide bonds. The van der Waals surface area contributed by atoms with Gasteiger partial charge in [-0.15, -0.1) is 11.3 Å². The molecule has 2 atom stereocenters. The average molecular weight is 212 g/mol. The van der Waals surface area contributed by atoms with E-state index in [1.165, 1.54) is 10.6 Å². The highest BCUT2D eigenvalue weighted by atomic mass is 32.1. The minimum absolute atomic E-state index is 0.206. The van der Waals surface area contributed by atoms with Gasteiger partial charge in [0.15, 0.2) is 0 Å². The zero-order valence-corrected chi connectivity index (χ0v) is 9.43. The summed E-state index contributed by atoms with van der Waals surface area (Å²) in [6.45, 7) is 4.87. The third-order valence-corrected chi connectivity index (χ3v) is 3.74. The van der Waals surface area contributed by atoms with E-state index >= 15 is 0 Å². The van der Waals surface area contributed by atoms with Crippen molar-refractivity contribution in [1.82, 2.24) is 4.98 Å². The molecule has 1 aromatic heterocycles. The third-order valence-electron chi connectivity index (χ3n) is 2.42. The second kappa shape index (κ2) is 3.96. The monoisotopic (exact) mass is 212 g/mol. The van der Waals surface area contributed by atoms with Crippen LogP contribution in [-0.4, -0.2) is 17.6 Å². The second-order valence-electron chi connectivity index (χ2n) is 3.75. The van der Waals surface area contributed by atoms with Crippen molar-refractivity contribution in [2.45, 2.75) is 38.9 Å². The van der Waals surface area contributed by atoms with Gasteiger partial charge in [-0.1, -0.05) is 0 Å². The normalized spacial score (nSPS) is 26.2. The fraction of sp³-hybridized carbons (Fsp3) is 0.700. The summed E-state index contributed by atoms with van der Waals surface area (Å²) in [5.41, 5.74) is 6.74. The maximum Gasteiger partial charge on any atom is 0.0944 e. The van der Waals surface area contributed by atoms with Crippen LogP contribution in [0.5, 0.6) is 0 Å². The van der Waals surface area contributed by atoms with Gasteiger partial charge >= 0.3 is 0 Å². The number of rotatable bonds is 2. The van der Waals surface area contributed by atoms with Crippen molar-refractivity contribution in [1.29, 1.82) is 0 Å². The number of nitrogens with two attached hydrogens (primary N) is 1. The minimum atomic E-state index is 0.206. The van der Waals surface area contributed by atoms with E-state index < -0.39 is 0 Å². The van der Waals surface area contributed by atoms with Gasteiger partial charge in [0, 0.05) is 12.8 Å². The summed E-state index contributed by atoms with van der Waals surface area (Å²) in [5.74, 6) is 0. The Balaban J connectivity index is 2.26. The molecule has 1 aromatic rings. The Hall–Kier alpha value is -0.450. The molecule has 78 valence electrons. The highest BCUT2D eigenvalue weighted by Gasteiger charge is 2.25. The molecule has 0 aromatic carbocycles. The van der Waals surface area contributed by atoms with Gasteiger partial charge in [-0.25, -0.2) is 4.98 Å². The Bertz CT molecular complexity index is 324. The second-order valence-corrected chi connectivity index (χ2v) is 4.87. The number of hydrogen-bond donors (Lipinski definition) is 1. The van der Waals surface area contributed by atoms with Gasteiger partial charge in [-0.2, -0.15) is 0 Å². The summed E-state index contributed by atoms with van der Waals surface area (Å²) >= 11 is 1.75. The van der Waals surface area contributed by atoms with Crippen molar-refractivity contribution < 1.29 is 4.74 Å². The van der Waals surface area contributed by atoms with Crippen LogP contribution >= 0.6 is 11.3 Å². The van der Waals surface area contributed by atoms with E-state index in [-0.39, 0.29) is 6.10 Å². The van der Waals surface area contributed by atoms with E-state index in [1.54, 1.807) is 11.3 Å². The van der Waals surface area contributed by atoms with E-state index in [1.807, 2.05) is 0 Å². The molecule has 14 heavy (non-hydrogen) atoms. The van der Waals surface area contributed by atoms with Gasteiger partial charge in [-0.05, 0) is 20.4 Å². The SMILES string of the molecule is CC1Cc2nc(CCN)sc2C(C)O1. The Labute approximate surface area is 88.3 Å². The summed E-state index contributed by atoms with van der Waals surface area (Å²) in [5, 5.41) is 1.15. The van der Waals surface area contributed by atoms with Gasteiger partial charge in [0.2, 0.25) is 0 Å². The average Bonchev–Trinajstić information content (AvgIpc) is 2.48. The molecule has 4 heteroatoms. The van der Waals surface area contributed by atoms with Crippen LogP contribution in [0.3, 0.4) is 0 Å². The number of ether oxygens (including phenoxy) is 1. The Morgan fingerprint density at radius 3 is 3.07 bits per heavy atom. The summed E-state index contributed by atoms with van der Waals surface area (Å²) < 4.78 is 5.74. The first-order valence-corrected chi connectivity index (χ1v) is 5.86. The van der Waals surface area contributed by atoms with Crippen molar-refractivity contribution in [3.05, 3.63) is 15.6 Å². The van der Waals surface area contributed by atoms with Gasteiger partial charge in [0.1, 0.15) is 0 Å². The van der Waals surface area contributed by atoms with Gasteiger partial charge < -0.3 is 10.5 Å². The lowest BCUT2D eigenvalue weighted by molar-refractivity contribution is -0.00318.